The van der Waals surface area contributed by atoms with Gasteiger partial charge in [0.05, 0.1) is 11.3 Å². The second-order valence-electron chi connectivity index (χ2n) is 5.42. The molecule has 0 saturated carbocycles. The molecule has 0 bridgehead atoms. The molecule has 1 aromatic rings. The highest BCUT2D eigenvalue weighted by Crippen LogP contribution is 2.28. The summed E-state index contributed by atoms with van der Waals surface area (Å²) in [5.74, 6) is -0.401. The number of aryl methyl sites for hydroxylation is 1. The van der Waals surface area contributed by atoms with Gasteiger partial charge in [0.1, 0.15) is 5.69 Å². The van der Waals surface area contributed by atoms with Crippen LogP contribution in [0.4, 0.5) is 13.2 Å². The van der Waals surface area contributed by atoms with Gasteiger partial charge in [0.25, 0.3) is 5.91 Å². The molecule has 3 nitrogen and oxygen atoms in total. The average Bonchev–Trinajstić information content (AvgIpc) is 2.26. The summed E-state index contributed by atoms with van der Waals surface area (Å²) in [6.45, 7) is 7.15. The van der Waals surface area contributed by atoms with Gasteiger partial charge in [-0.05, 0) is 39.3 Å². The molecule has 0 fully saturated rings. The average molecular weight is 288 g/mol. The van der Waals surface area contributed by atoms with Crippen LogP contribution in [0, 0.1) is 6.92 Å². The molecule has 0 saturated heterocycles. The number of rotatable bonds is 4. The number of hydrogen-bond donors (Lipinski definition) is 1. The number of carbonyl (C=O) groups excluding carboxylic acids is 1. The minimum absolute atomic E-state index is 0.0737. The molecule has 112 valence electrons. The van der Waals surface area contributed by atoms with E-state index in [0.717, 1.165) is 18.9 Å². The minimum atomic E-state index is -4.50. The highest BCUT2D eigenvalue weighted by atomic mass is 19.4. The first kappa shape index (κ1) is 16.5. The summed E-state index contributed by atoms with van der Waals surface area (Å²) in [6, 6.07) is 2.00. The van der Waals surface area contributed by atoms with Gasteiger partial charge in [-0.2, -0.15) is 13.2 Å². The molecule has 0 atom stereocenters. The van der Waals surface area contributed by atoms with Crippen molar-refractivity contribution in [1.82, 2.24) is 10.3 Å². The van der Waals surface area contributed by atoms with Crippen molar-refractivity contribution < 1.29 is 18.0 Å². The predicted octanol–water partition coefficient (Wildman–Crippen LogP) is 3.72. The molecular weight excluding hydrogens is 269 g/mol. The van der Waals surface area contributed by atoms with Crippen molar-refractivity contribution in [2.24, 2.45) is 0 Å². The summed E-state index contributed by atoms with van der Waals surface area (Å²) >= 11 is 0. The highest BCUT2D eigenvalue weighted by molar-refractivity contribution is 5.95. The Morgan fingerprint density at radius 2 is 1.90 bits per heavy atom. The number of aromatic nitrogens is 1. The maximum atomic E-state index is 12.5. The van der Waals surface area contributed by atoms with E-state index in [2.05, 4.69) is 10.3 Å². The van der Waals surface area contributed by atoms with Gasteiger partial charge in [0.15, 0.2) is 0 Å². The van der Waals surface area contributed by atoms with Crippen molar-refractivity contribution in [2.45, 2.75) is 52.3 Å². The van der Waals surface area contributed by atoms with E-state index in [4.69, 9.17) is 0 Å². The number of halogens is 3. The molecule has 0 spiro atoms. The molecule has 0 aliphatic heterocycles. The molecule has 1 heterocycles. The smallest absolute Gasteiger partial charge is 0.347 e. The second kappa shape index (κ2) is 5.81. The van der Waals surface area contributed by atoms with Gasteiger partial charge in [-0.3, -0.25) is 4.79 Å². The van der Waals surface area contributed by atoms with E-state index >= 15 is 0 Å². The standard InChI is InChI=1S/C14H19F3N2O/c1-5-8-13(3,4)19-12(20)10-6-7-11(14(15,16)17)18-9(10)2/h6-7H,5,8H2,1-4H3,(H,19,20). The number of pyridine rings is 1. The second-order valence-corrected chi connectivity index (χ2v) is 5.42. The number of alkyl halides is 3. The number of carbonyl (C=O) groups is 1. The molecule has 1 aromatic heterocycles. The third-order valence-electron chi connectivity index (χ3n) is 2.95. The summed E-state index contributed by atoms with van der Waals surface area (Å²) in [4.78, 5) is 15.5. The van der Waals surface area contributed by atoms with Crippen LogP contribution in [0.25, 0.3) is 0 Å². The molecule has 20 heavy (non-hydrogen) atoms. The lowest BCUT2D eigenvalue weighted by atomic mass is 9.98. The topological polar surface area (TPSA) is 42.0 Å². The van der Waals surface area contributed by atoms with Crippen LogP contribution in [0.15, 0.2) is 12.1 Å². The van der Waals surface area contributed by atoms with E-state index in [0.29, 0.717) is 0 Å². The summed E-state index contributed by atoms with van der Waals surface area (Å²) in [7, 11) is 0. The molecule has 0 aliphatic rings. The first-order valence-electron chi connectivity index (χ1n) is 6.44. The molecule has 1 N–H and O–H groups in total. The summed E-state index contributed by atoms with van der Waals surface area (Å²) in [5.41, 5.74) is -1.15. The van der Waals surface area contributed by atoms with Gasteiger partial charge >= 0.3 is 6.18 Å². The monoisotopic (exact) mass is 288 g/mol. The number of amides is 1. The van der Waals surface area contributed by atoms with Crippen molar-refractivity contribution in [3.8, 4) is 0 Å². The van der Waals surface area contributed by atoms with Crippen LogP contribution in [0.2, 0.25) is 0 Å². The van der Waals surface area contributed by atoms with E-state index in [1.165, 1.54) is 13.0 Å². The molecule has 1 rings (SSSR count). The van der Waals surface area contributed by atoms with Gasteiger partial charge in [-0.1, -0.05) is 13.3 Å². The van der Waals surface area contributed by atoms with Crippen molar-refractivity contribution in [1.29, 1.82) is 0 Å². The zero-order chi connectivity index (χ0) is 15.6. The van der Waals surface area contributed by atoms with Gasteiger partial charge in [0, 0.05) is 5.54 Å². The van der Waals surface area contributed by atoms with Crippen LogP contribution in [0.5, 0.6) is 0 Å². The lowest BCUT2D eigenvalue weighted by Crippen LogP contribution is -2.43. The number of hydrogen-bond acceptors (Lipinski definition) is 2. The van der Waals surface area contributed by atoms with Gasteiger partial charge < -0.3 is 5.32 Å². The van der Waals surface area contributed by atoms with Crippen LogP contribution < -0.4 is 5.32 Å². The summed E-state index contributed by atoms with van der Waals surface area (Å²) in [6.07, 6.45) is -2.81. The molecule has 0 aliphatic carbocycles. The van der Waals surface area contributed by atoms with E-state index in [1.54, 1.807) is 0 Å². The Labute approximate surface area is 116 Å². The van der Waals surface area contributed by atoms with Crippen LogP contribution in [0.3, 0.4) is 0 Å². The van der Waals surface area contributed by atoms with Gasteiger partial charge in [-0.15, -0.1) is 0 Å². The minimum Gasteiger partial charge on any atom is -0.347 e. The Kier molecular flexibility index (Phi) is 4.78. The lowest BCUT2D eigenvalue weighted by Gasteiger charge is -2.26. The lowest BCUT2D eigenvalue weighted by molar-refractivity contribution is -0.141. The highest BCUT2D eigenvalue weighted by Gasteiger charge is 2.33. The first-order chi connectivity index (χ1) is 9.07. The Bertz CT molecular complexity index is 496. The van der Waals surface area contributed by atoms with Gasteiger partial charge in [0.2, 0.25) is 0 Å². The molecule has 0 radical (unpaired) electrons. The van der Waals surface area contributed by atoms with Crippen LogP contribution in [-0.2, 0) is 6.18 Å². The zero-order valence-electron chi connectivity index (χ0n) is 12.1. The fourth-order valence-electron chi connectivity index (χ4n) is 2.02. The van der Waals surface area contributed by atoms with E-state index in [-0.39, 0.29) is 11.3 Å². The molecule has 1 amide bonds. The largest absolute Gasteiger partial charge is 0.433 e. The Morgan fingerprint density at radius 1 is 1.30 bits per heavy atom. The number of nitrogens with zero attached hydrogens (tertiary/aromatic N) is 1. The fourth-order valence-corrected chi connectivity index (χ4v) is 2.02. The number of nitrogens with one attached hydrogen (secondary N) is 1. The van der Waals surface area contributed by atoms with Crippen molar-refractivity contribution in [2.75, 3.05) is 0 Å². The Balaban J connectivity index is 2.95. The molecule has 0 unspecified atom stereocenters. The van der Waals surface area contributed by atoms with E-state index < -0.39 is 23.3 Å². The predicted molar refractivity (Wildman–Crippen MR) is 70.4 cm³/mol. The third-order valence-corrected chi connectivity index (χ3v) is 2.95. The summed E-state index contributed by atoms with van der Waals surface area (Å²) < 4.78 is 37.5. The Morgan fingerprint density at radius 3 is 2.35 bits per heavy atom. The molecule has 6 heteroatoms. The van der Waals surface area contributed by atoms with Crippen LogP contribution >= 0.6 is 0 Å². The van der Waals surface area contributed by atoms with Crippen LogP contribution in [0.1, 0.15) is 55.4 Å². The zero-order valence-corrected chi connectivity index (χ0v) is 12.1. The normalized spacial score (nSPS) is 12.3. The quantitative estimate of drug-likeness (QED) is 0.917. The third kappa shape index (κ3) is 4.21. The maximum absolute atomic E-state index is 12.5. The Hall–Kier alpha value is -1.59. The summed E-state index contributed by atoms with van der Waals surface area (Å²) in [5, 5.41) is 2.81. The van der Waals surface area contributed by atoms with Crippen LogP contribution in [-0.4, -0.2) is 16.4 Å². The molecular formula is C14H19F3N2O. The maximum Gasteiger partial charge on any atom is 0.433 e. The fraction of sp³-hybridized carbons (Fsp3) is 0.571. The van der Waals surface area contributed by atoms with E-state index in [9.17, 15) is 18.0 Å². The first-order valence-corrected chi connectivity index (χ1v) is 6.44. The SMILES string of the molecule is CCCC(C)(C)NC(=O)c1ccc(C(F)(F)F)nc1C. The van der Waals surface area contributed by atoms with Gasteiger partial charge in [-0.25, -0.2) is 4.98 Å². The van der Waals surface area contributed by atoms with Crippen molar-refractivity contribution in [3.05, 3.63) is 29.1 Å². The van der Waals surface area contributed by atoms with Crippen molar-refractivity contribution >= 4 is 5.91 Å². The van der Waals surface area contributed by atoms with E-state index in [1.807, 2.05) is 20.8 Å². The molecule has 0 aromatic carbocycles. The van der Waals surface area contributed by atoms with Crippen molar-refractivity contribution in [3.63, 3.8) is 0 Å².